The Morgan fingerprint density at radius 1 is 1.20 bits per heavy atom. The van der Waals surface area contributed by atoms with E-state index >= 15 is 0 Å². The summed E-state index contributed by atoms with van der Waals surface area (Å²) < 4.78 is 31.2. The smallest absolute Gasteiger partial charge is 0.240 e. The molecule has 0 radical (unpaired) electrons. The van der Waals surface area contributed by atoms with E-state index in [1.807, 2.05) is 0 Å². The number of aryl methyl sites for hydroxylation is 1. The van der Waals surface area contributed by atoms with Gasteiger partial charge in [0.05, 0.1) is 17.1 Å². The first-order valence-electron chi connectivity index (χ1n) is 6.30. The van der Waals surface area contributed by atoms with Crippen LogP contribution in [0.15, 0.2) is 46.0 Å². The molecule has 6 nitrogen and oxygen atoms in total. The lowest BCUT2D eigenvalue weighted by Crippen LogP contribution is -2.23. The van der Waals surface area contributed by atoms with Gasteiger partial charge < -0.3 is 10.3 Å². The van der Waals surface area contributed by atoms with Crippen molar-refractivity contribution in [2.24, 2.45) is 5.73 Å². The fourth-order valence-corrected chi connectivity index (χ4v) is 2.72. The molecule has 0 bridgehead atoms. The normalized spacial score (nSPS) is 11.7. The highest BCUT2D eigenvalue weighted by atomic mass is 32.2. The Morgan fingerprint density at radius 2 is 1.95 bits per heavy atom. The minimum absolute atomic E-state index is 0.105. The molecule has 2 rings (SSSR count). The molecule has 0 unspecified atom stereocenters. The second-order valence-electron chi connectivity index (χ2n) is 4.35. The van der Waals surface area contributed by atoms with E-state index in [9.17, 15) is 8.42 Å². The monoisotopic (exact) mass is 295 g/mol. The van der Waals surface area contributed by atoms with Gasteiger partial charge in [0.25, 0.3) is 0 Å². The van der Waals surface area contributed by atoms with Gasteiger partial charge in [-0.15, -0.1) is 0 Å². The molecule has 2 aromatic rings. The van der Waals surface area contributed by atoms with Crippen LogP contribution < -0.4 is 10.5 Å². The summed E-state index contributed by atoms with van der Waals surface area (Å²) >= 11 is 0. The van der Waals surface area contributed by atoms with E-state index < -0.39 is 10.0 Å². The largest absolute Gasteiger partial charge is 0.364 e. The van der Waals surface area contributed by atoms with E-state index in [1.54, 1.807) is 30.3 Å². The molecule has 108 valence electrons. The quantitative estimate of drug-likeness (QED) is 0.795. The van der Waals surface area contributed by atoms with Gasteiger partial charge in [-0.2, -0.15) is 0 Å². The van der Waals surface area contributed by atoms with E-state index in [1.165, 1.54) is 6.26 Å². The van der Waals surface area contributed by atoms with Crippen LogP contribution in [0.1, 0.15) is 17.7 Å². The summed E-state index contributed by atoms with van der Waals surface area (Å²) in [4.78, 5) is 0.234. The predicted molar refractivity (Wildman–Crippen MR) is 74.3 cm³/mol. The first-order valence-corrected chi connectivity index (χ1v) is 7.78. The standard InChI is InChI=1S/C13H17N3O3S/c14-8-1-2-11-3-5-13(6-4-11)20(17,18)15-10-12-7-9-19-16-12/h3-7,9,15H,1-2,8,10,14H2. The van der Waals surface area contributed by atoms with Crippen LogP contribution in [-0.4, -0.2) is 20.1 Å². The number of benzene rings is 1. The Labute approximate surface area is 118 Å². The van der Waals surface area contributed by atoms with Crippen LogP contribution >= 0.6 is 0 Å². The molecule has 0 aliphatic carbocycles. The predicted octanol–water partition coefficient (Wildman–Crippen LogP) is 1.04. The van der Waals surface area contributed by atoms with E-state index in [-0.39, 0.29) is 11.4 Å². The minimum Gasteiger partial charge on any atom is -0.364 e. The average molecular weight is 295 g/mol. The molecule has 1 heterocycles. The highest BCUT2D eigenvalue weighted by Gasteiger charge is 2.14. The molecular weight excluding hydrogens is 278 g/mol. The number of hydrogen-bond donors (Lipinski definition) is 2. The Balaban J connectivity index is 2.01. The summed E-state index contributed by atoms with van der Waals surface area (Å²) in [5.41, 5.74) is 7.05. The lowest BCUT2D eigenvalue weighted by molar-refractivity contribution is 0.411. The van der Waals surface area contributed by atoms with E-state index in [0.29, 0.717) is 12.2 Å². The van der Waals surface area contributed by atoms with Gasteiger partial charge in [-0.1, -0.05) is 17.3 Å². The minimum atomic E-state index is -3.53. The number of nitrogens with zero attached hydrogens (tertiary/aromatic N) is 1. The Morgan fingerprint density at radius 3 is 2.55 bits per heavy atom. The third kappa shape index (κ3) is 3.89. The Kier molecular flexibility index (Phi) is 4.89. The average Bonchev–Trinajstić information content (AvgIpc) is 2.97. The van der Waals surface area contributed by atoms with Crippen LogP contribution in [0, 0.1) is 0 Å². The Bertz CT molecular complexity index is 621. The van der Waals surface area contributed by atoms with Crippen LogP contribution in [0.4, 0.5) is 0 Å². The second-order valence-corrected chi connectivity index (χ2v) is 6.12. The van der Waals surface area contributed by atoms with Gasteiger partial charge >= 0.3 is 0 Å². The molecule has 0 amide bonds. The van der Waals surface area contributed by atoms with Gasteiger partial charge in [0.15, 0.2) is 0 Å². The molecule has 20 heavy (non-hydrogen) atoms. The summed E-state index contributed by atoms with van der Waals surface area (Å²) in [7, 11) is -3.53. The van der Waals surface area contributed by atoms with Crippen molar-refractivity contribution in [1.29, 1.82) is 0 Å². The summed E-state index contributed by atoms with van der Waals surface area (Å²) in [5, 5.41) is 3.65. The lowest BCUT2D eigenvalue weighted by atomic mass is 10.1. The van der Waals surface area contributed by atoms with Gasteiger partial charge in [-0.3, -0.25) is 0 Å². The van der Waals surface area contributed by atoms with Crippen molar-refractivity contribution >= 4 is 10.0 Å². The first-order chi connectivity index (χ1) is 9.62. The molecule has 1 aromatic carbocycles. The number of nitrogens with one attached hydrogen (secondary N) is 1. The van der Waals surface area contributed by atoms with Crippen LogP contribution in [-0.2, 0) is 23.0 Å². The van der Waals surface area contributed by atoms with Crippen LogP contribution in [0.2, 0.25) is 0 Å². The SMILES string of the molecule is NCCCc1ccc(S(=O)(=O)NCc2ccon2)cc1. The molecule has 0 saturated heterocycles. The van der Waals surface area contributed by atoms with Gasteiger partial charge in [0, 0.05) is 6.07 Å². The Hall–Kier alpha value is -1.70. The number of hydrogen-bond acceptors (Lipinski definition) is 5. The van der Waals surface area contributed by atoms with Gasteiger partial charge in [0.1, 0.15) is 6.26 Å². The topological polar surface area (TPSA) is 98.2 Å². The number of sulfonamides is 1. The zero-order valence-corrected chi connectivity index (χ0v) is 11.8. The summed E-state index contributed by atoms with van der Waals surface area (Å²) in [6, 6.07) is 8.41. The van der Waals surface area contributed by atoms with Crippen molar-refractivity contribution in [1.82, 2.24) is 9.88 Å². The van der Waals surface area contributed by atoms with Crippen molar-refractivity contribution < 1.29 is 12.9 Å². The number of rotatable bonds is 7. The maximum absolute atomic E-state index is 12.1. The summed E-state index contributed by atoms with van der Waals surface area (Å²) in [6.45, 7) is 0.729. The van der Waals surface area contributed by atoms with E-state index in [4.69, 9.17) is 5.73 Å². The van der Waals surface area contributed by atoms with E-state index in [0.717, 1.165) is 18.4 Å². The molecule has 0 saturated carbocycles. The number of aromatic nitrogens is 1. The first kappa shape index (κ1) is 14.7. The van der Waals surface area contributed by atoms with Crippen molar-refractivity contribution in [2.45, 2.75) is 24.3 Å². The number of nitrogens with two attached hydrogens (primary N) is 1. The molecule has 0 atom stereocenters. The molecule has 0 fully saturated rings. The molecule has 0 aliphatic heterocycles. The molecular formula is C13H17N3O3S. The molecule has 3 N–H and O–H groups in total. The highest BCUT2D eigenvalue weighted by molar-refractivity contribution is 7.89. The summed E-state index contributed by atoms with van der Waals surface area (Å²) in [6.07, 6.45) is 3.13. The molecule has 0 aliphatic rings. The van der Waals surface area contributed by atoms with Crippen LogP contribution in [0.5, 0.6) is 0 Å². The van der Waals surface area contributed by atoms with Gasteiger partial charge in [0.2, 0.25) is 10.0 Å². The fourth-order valence-electron chi connectivity index (χ4n) is 1.72. The molecule has 0 spiro atoms. The van der Waals surface area contributed by atoms with Gasteiger partial charge in [-0.05, 0) is 37.1 Å². The third-order valence-electron chi connectivity index (χ3n) is 2.84. The van der Waals surface area contributed by atoms with Crippen molar-refractivity contribution in [3.05, 3.63) is 47.9 Å². The fraction of sp³-hybridized carbons (Fsp3) is 0.308. The van der Waals surface area contributed by atoms with Gasteiger partial charge in [-0.25, -0.2) is 13.1 Å². The third-order valence-corrected chi connectivity index (χ3v) is 4.25. The maximum Gasteiger partial charge on any atom is 0.240 e. The maximum atomic E-state index is 12.1. The van der Waals surface area contributed by atoms with Crippen LogP contribution in [0.25, 0.3) is 0 Å². The zero-order chi connectivity index (χ0) is 14.4. The van der Waals surface area contributed by atoms with Crippen molar-refractivity contribution in [3.8, 4) is 0 Å². The van der Waals surface area contributed by atoms with Crippen LogP contribution in [0.3, 0.4) is 0 Å². The second kappa shape index (κ2) is 6.65. The molecule has 1 aromatic heterocycles. The molecule has 7 heteroatoms. The zero-order valence-electron chi connectivity index (χ0n) is 11.0. The highest BCUT2D eigenvalue weighted by Crippen LogP contribution is 2.12. The summed E-state index contributed by atoms with van der Waals surface area (Å²) in [5.74, 6) is 0. The van der Waals surface area contributed by atoms with Crippen molar-refractivity contribution in [3.63, 3.8) is 0 Å². The lowest BCUT2D eigenvalue weighted by Gasteiger charge is -2.06. The van der Waals surface area contributed by atoms with E-state index in [2.05, 4.69) is 14.4 Å². The van der Waals surface area contributed by atoms with Crippen molar-refractivity contribution in [2.75, 3.05) is 6.54 Å².